The fraction of sp³-hybridized carbons (Fsp3) is 0.571. The van der Waals surface area contributed by atoms with E-state index in [-0.39, 0.29) is 0 Å². The third-order valence-corrected chi connectivity index (χ3v) is 4.77. The van der Waals surface area contributed by atoms with Crippen LogP contribution in [0.2, 0.25) is 0 Å². The molecule has 0 saturated carbocycles. The first-order chi connectivity index (χ1) is 8.05. The van der Waals surface area contributed by atoms with Gasteiger partial charge in [-0.05, 0) is 35.3 Å². The molecule has 1 unspecified atom stereocenters. The van der Waals surface area contributed by atoms with E-state index in [0.29, 0.717) is 17.2 Å². The topological polar surface area (TPSA) is 32.3 Å². The van der Waals surface area contributed by atoms with Crippen molar-refractivity contribution in [1.29, 1.82) is 0 Å². The maximum atomic E-state index is 9.22. The summed E-state index contributed by atoms with van der Waals surface area (Å²) in [4.78, 5) is 0. The summed E-state index contributed by atoms with van der Waals surface area (Å²) in [6.07, 6.45) is 1.25. The van der Waals surface area contributed by atoms with Gasteiger partial charge in [-0.3, -0.25) is 0 Å². The van der Waals surface area contributed by atoms with E-state index in [0.717, 1.165) is 6.54 Å². The van der Waals surface area contributed by atoms with E-state index in [1.165, 1.54) is 23.5 Å². The Morgan fingerprint density at radius 3 is 2.71 bits per heavy atom. The lowest BCUT2D eigenvalue weighted by Gasteiger charge is -2.35. The molecule has 0 radical (unpaired) electrons. The zero-order valence-electron chi connectivity index (χ0n) is 10.6. The molecule has 0 bridgehead atoms. The Bertz CT molecular complexity index is 361. The van der Waals surface area contributed by atoms with Crippen LogP contribution in [0.25, 0.3) is 0 Å². The van der Waals surface area contributed by atoms with Crippen LogP contribution in [0, 0.1) is 5.41 Å². The van der Waals surface area contributed by atoms with Crippen molar-refractivity contribution in [3.8, 4) is 5.75 Å². The standard InChI is InChI=1S/C14H21NOS/c1-14(2)7-12(9-17-10-14)15-8-11-3-5-13(16)6-4-11/h3-6,12,15-16H,7-10H2,1-2H3. The molecule has 1 saturated heterocycles. The highest BCUT2D eigenvalue weighted by Crippen LogP contribution is 2.33. The lowest BCUT2D eigenvalue weighted by molar-refractivity contribution is 0.317. The lowest BCUT2D eigenvalue weighted by atomic mass is 9.88. The van der Waals surface area contributed by atoms with Crippen LogP contribution in [-0.4, -0.2) is 22.7 Å². The number of phenolic OH excluding ortho intramolecular Hbond substituents is 1. The first kappa shape index (κ1) is 12.8. The molecule has 17 heavy (non-hydrogen) atoms. The fourth-order valence-electron chi connectivity index (χ4n) is 2.27. The van der Waals surface area contributed by atoms with Gasteiger partial charge in [-0.15, -0.1) is 0 Å². The molecule has 2 nitrogen and oxygen atoms in total. The zero-order chi connectivity index (χ0) is 12.3. The van der Waals surface area contributed by atoms with Gasteiger partial charge in [0.1, 0.15) is 5.75 Å². The van der Waals surface area contributed by atoms with Gasteiger partial charge in [0.2, 0.25) is 0 Å². The Balaban J connectivity index is 1.84. The predicted molar refractivity (Wildman–Crippen MR) is 74.5 cm³/mol. The first-order valence-electron chi connectivity index (χ1n) is 6.14. The van der Waals surface area contributed by atoms with Crippen LogP contribution in [-0.2, 0) is 6.54 Å². The highest BCUT2D eigenvalue weighted by atomic mass is 32.2. The third kappa shape index (κ3) is 3.93. The largest absolute Gasteiger partial charge is 0.508 e. The van der Waals surface area contributed by atoms with Crippen molar-refractivity contribution < 1.29 is 5.11 Å². The van der Waals surface area contributed by atoms with E-state index in [4.69, 9.17) is 0 Å². The molecule has 0 aliphatic carbocycles. The van der Waals surface area contributed by atoms with Gasteiger partial charge < -0.3 is 10.4 Å². The first-order valence-corrected chi connectivity index (χ1v) is 7.30. The van der Waals surface area contributed by atoms with Crippen LogP contribution in [0.15, 0.2) is 24.3 Å². The highest BCUT2D eigenvalue weighted by molar-refractivity contribution is 7.99. The highest BCUT2D eigenvalue weighted by Gasteiger charge is 2.27. The molecule has 1 aliphatic heterocycles. The van der Waals surface area contributed by atoms with Crippen molar-refractivity contribution in [2.45, 2.75) is 32.9 Å². The number of hydrogen-bond donors (Lipinski definition) is 2. The molecule has 0 spiro atoms. The average Bonchev–Trinajstić information content (AvgIpc) is 2.27. The maximum Gasteiger partial charge on any atom is 0.115 e. The van der Waals surface area contributed by atoms with Gasteiger partial charge in [-0.1, -0.05) is 26.0 Å². The summed E-state index contributed by atoms with van der Waals surface area (Å²) in [6.45, 7) is 5.57. The molecule has 94 valence electrons. The van der Waals surface area contributed by atoms with Crippen molar-refractivity contribution in [2.75, 3.05) is 11.5 Å². The minimum atomic E-state index is 0.336. The SMILES string of the molecule is CC1(C)CSCC(NCc2ccc(O)cc2)C1. The average molecular weight is 251 g/mol. The second-order valence-electron chi connectivity index (χ2n) is 5.63. The van der Waals surface area contributed by atoms with Gasteiger partial charge >= 0.3 is 0 Å². The summed E-state index contributed by atoms with van der Waals surface area (Å²) in [5.74, 6) is 2.81. The number of thioether (sulfide) groups is 1. The Kier molecular flexibility index (Phi) is 4.00. The molecule has 1 aromatic carbocycles. The molecule has 1 fully saturated rings. The summed E-state index contributed by atoms with van der Waals surface area (Å²) in [6, 6.07) is 8.05. The molecule has 1 aromatic rings. The molecule has 1 atom stereocenters. The van der Waals surface area contributed by atoms with Crippen LogP contribution < -0.4 is 5.32 Å². The monoisotopic (exact) mass is 251 g/mol. The van der Waals surface area contributed by atoms with Gasteiger partial charge in [0, 0.05) is 18.3 Å². The van der Waals surface area contributed by atoms with E-state index in [2.05, 4.69) is 19.2 Å². The van der Waals surface area contributed by atoms with Crippen molar-refractivity contribution in [3.05, 3.63) is 29.8 Å². The van der Waals surface area contributed by atoms with Gasteiger partial charge in [0.05, 0.1) is 0 Å². The normalized spacial score (nSPS) is 23.5. The van der Waals surface area contributed by atoms with Crippen molar-refractivity contribution in [3.63, 3.8) is 0 Å². The number of rotatable bonds is 3. The molecular weight excluding hydrogens is 230 g/mol. The third-order valence-electron chi connectivity index (χ3n) is 3.14. The van der Waals surface area contributed by atoms with E-state index in [1.54, 1.807) is 12.1 Å². The minimum absolute atomic E-state index is 0.336. The summed E-state index contributed by atoms with van der Waals surface area (Å²) in [7, 11) is 0. The van der Waals surface area contributed by atoms with E-state index < -0.39 is 0 Å². The predicted octanol–water partition coefficient (Wildman–Crippen LogP) is 3.01. The number of benzene rings is 1. The molecule has 2 rings (SSSR count). The smallest absolute Gasteiger partial charge is 0.115 e. The molecule has 1 aliphatic rings. The van der Waals surface area contributed by atoms with Gasteiger partial charge in [-0.25, -0.2) is 0 Å². The van der Waals surface area contributed by atoms with E-state index in [9.17, 15) is 5.11 Å². The zero-order valence-corrected chi connectivity index (χ0v) is 11.4. The van der Waals surface area contributed by atoms with Crippen LogP contribution >= 0.6 is 11.8 Å². The van der Waals surface area contributed by atoms with Crippen LogP contribution in [0.3, 0.4) is 0 Å². The van der Waals surface area contributed by atoms with Gasteiger partial charge in [0.25, 0.3) is 0 Å². The molecule has 1 heterocycles. The number of phenols is 1. The summed E-state index contributed by atoms with van der Waals surface area (Å²) in [5.41, 5.74) is 1.69. The second-order valence-corrected chi connectivity index (χ2v) is 6.66. The molecule has 0 aromatic heterocycles. The molecular formula is C14H21NOS. The molecule has 2 N–H and O–H groups in total. The Morgan fingerprint density at radius 2 is 2.06 bits per heavy atom. The van der Waals surface area contributed by atoms with Crippen molar-refractivity contribution in [2.24, 2.45) is 5.41 Å². The number of hydrogen-bond acceptors (Lipinski definition) is 3. The van der Waals surface area contributed by atoms with E-state index in [1.807, 2.05) is 23.9 Å². The van der Waals surface area contributed by atoms with Crippen molar-refractivity contribution >= 4 is 11.8 Å². The Morgan fingerprint density at radius 1 is 1.35 bits per heavy atom. The molecule has 0 amide bonds. The van der Waals surface area contributed by atoms with Crippen LogP contribution in [0.1, 0.15) is 25.8 Å². The van der Waals surface area contributed by atoms with Gasteiger partial charge in [-0.2, -0.15) is 11.8 Å². The maximum absolute atomic E-state index is 9.22. The fourth-order valence-corrected chi connectivity index (χ4v) is 3.58. The van der Waals surface area contributed by atoms with Crippen molar-refractivity contribution in [1.82, 2.24) is 5.32 Å². The summed E-state index contributed by atoms with van der Waals surface area (Å²) >= 11 is 2.05. The lowest BCUT2D eigenvalue weighted by Crippen LogP contribution is -2.39. The summed E-state index contributed by atoms with van der Waals surface area (Å²) < 4.78 is 0. The van der Waals surface area contributed by atoms with Gasteiger partial charge in [0.15, 0.2) is 0 Å². The Labute approximate surface area is 108 Å². The number of aromatic hydroxyl groups is 1. The minimum Gasteiger partial charge on any atom is -0.508 e. The van der Waals surface area contributed by atoms with E-state index >= 15 is 0 Å². The number of nitrogens with one attached hydrogen (secondary N) is 1. The van der Waals surface area contributed by atoms with Crippen LogP contribution in [0.5, 0.6) is 5.75 Å². The second kappa shape index (κ2) is 5.32. The summed E-state index contributed by atoms with van der Waals surface area (Å²) in [5, 5.41) is 12.8. The quantitative estimate of drug-likeness (QED) is 0.866. The molecule has 3 heteroatoms. The Hall–Kier alpha value is -0.670. The van der Waals surface area contributed by atoms with Crippen LogP contribution in [0.4, 0.5) is 0 Å².